The smallest absolute Gasteiger partial charge is 0.0470 e. The second-order valence-corrected chi connectivity index (χ2v) is 4.45. The van der Waals surface area contributed by atoms with E-state index in [-0.39, 0.29) is 0 Å². The summed E-state index contributed by atoms with van der Waals surface area (Å²) < 4.78 is 11.1. The quantitative estimate of drug-likeness (QED) is 0.527. The van der Waals surface area contributed by atoms with E-state index in [0.29, 0.717) is 11.3 Å². The van der Waals surface area contributed by atoms with Gasteiger partial charge in [-0.05, 0) is 13.8 Å². The van der Waals surface area contributed by atoms with Crippen LogP contribution >= 0.6 is 0 Å². The zero-order valence-corrected chi connectivity index (χ0v) is 6.70. The molecule has 1 aliphatic rings. The van der Waals surface area contributed by atoms with Crippen LogP contribution in [0.1, 0.15) is 13.8 Å². The molecule has 0 aliphatic carbocycles. The van der Waals surface area contributed by atoms with Gasteiger partial charge in [0.05, 0.1) is 0 Å². The zero-order chi connectivity index (χ0) is 6.85. The van der Waals surface area contributed by atoms with Crippen LogP contribution in [0.2, 0.25) is 0 Å². The van der Waals surface area contributed by atoms with Crippen molar-refractivity contribution in [1.82, 2.24) is 5.32 Å². The molecule has 0 radical (unpaired) electrons. The van der Waals surface area contributed by atoms with Crippen LogP contribution < -0.4 is 5.32 Å². The van der Waals surface area contributed by atoms with E-state index >= 15 is 0 Å². The molecule has 2 nitrogen and oxygen atoms in total. The molecule has 1 fully saturated rings. The maximum atomic E-state index is 11.1. The van der Waals surface area contributed by atoms with Crippen molar-refractivity contribution in [2.75, 3.05) is 12.3 Å². The summed E-state index contributed by atoms with van der Waals surface area (Å²) >= 11 is 0. The van der Waals surface area contributed by atoms with Crippen LogP contribution in [-0.4, -0.2) is 27.8 Å². The molecule has 0 amide bonds. The van der Waals surface area contributed by atoms with Gasteiger partial charge in [0.15, 0.2) is 0 Å². The molecule has 1 rings (SSSR count). The van der Waals surface area contributed by atoms with Gasteiger partial charge in [0.1, 0.15) is 0 Å². The molecule has 1 saturated heterocycles. The highest BCUT2D eigenvalue weighted by molar-refractivity contribution is 7.85. The molecule has 0 aromatic rings. The molecular formula is C6H13NOS. The van der Waals surface area contributed by atoms with Crippen molar-refractivity contribution in [3.63, 3.8) is 0 Å². The van der Waals surface area contributed by atoms with Crippen molar-refractivity contribution in [1.29, 1.82) is 0 Å². The molecule has 0 unspecified atom stereocenters. The predicted molar refractivity (Wildman–Crippen MR) is 39.9 cm³/mol. The summed E-state index contributed by atoms with van der Waals surface area (Å²) in [6.07, 6.45) is 0. The molecule has 0 spiro atoms. The molecule has 0 aromatic carbocycles. The van der Waals surface area contributed by atoms with Crippen molar-refractivity contribution in [3.05, 3.63) is 0 Å². The summed E-state index contributed by atoms with van der Waals surface area (Å²) in [5.74, 6) is 0.825. The SMILES string of the molecule is C[C@@H]1[C@@H](C)NCC[S@]1=O. The molecule has 3 atom stereocenters. The molecule has 1 aliphatic heterocycles. The fourth-order valence-corrected chi connectivity index (χ4v) is 2.21. The number of hydrogen-bond donors (Lipinski definition) is 1. The lowest BCUT2D eigenvalue weighted by molar-refractivity contribution is 0.528. The number of hydrogen-bond acceptors (Lipinski definition) is 2. The van der Waals surface area contributed by atoms with Crippen LogP contribution in [0, 0.1) is 0 Å². The Hall–Kier alpha value is 0.110. The van der Waals surface area contributed by atoms with Crippen LogP contribution in [0.4, 0.5) is 0 Å². The van der Waals surface area contributed by atoms with Crippen molar-refractivity contribution in [2.45, 2.75) is 25.1 Å². The van der Waals surface area contributed by atoms with E-state index in [1.54, 1.807) is 0 Å². The Balaban J connectivity index is 2.51. The van der Waals surface area contributed by atoms with Gasteiger partial charge in [-0.3, -0.25) is 4.21 Å². The summed E-state index contributed by atoms with van der Waals surface area (Å²) in [4.78, 5) is 0. The maximum absolute atomic E-state index is 11.1. The Morgan fingerprint density at radius 3 is 2.67 bits per heavy atom. The lowest BCUT2D eigenvalue weighted by Crippen LogP contribution is -2.46. The zero-order valence-electron chi connectivity index (χ0n) is 5.89. The first-order chi connectivity index (χ1) is 4.22. The third-order valence-corrected chi connectivity index (χ3v) is 3.73. The summed E-state index contributed by atoms with van der Waals surface area (Å²) in [6, 6.07) is 0.430. The summed E-state index contributed by atoms with van der Waals surface area (Å²) in [6.45, 7) is 5.03. The van der Waals surface area contributed by atoms with Crippen molar-refractivity contribution >= 4 is 10.8 Å². The molecule has 0 saturated carbocycles. The molecule has 0 bridgehead atoms. The highest BCUT2D eigenvalue weighted by atomic mass is 32.2. The minimum Gasteiger partial charge on any atom is -0.312 e. The lowest BCUT2D eigenvalue weighted by Gasteiger charge is -2.25. The Morgan fingerprint density at radius 2 is 2.22 bits per heavy atom. The summed E-state index contributed by atoms with van der Waals surface area (Å²) in [7, 11) is -0.578. The Kier molecular flexibility index (Phi) is 2.24. The fourth-order valence-electron chi connectivity index (χ4n) is 0.967. The first-order valence-electron chi connectivity index (χ1n) is 3.32. The van der Waals surface area contributed by atoms with E-state index in [4.69, 9.17) is 0 Å². The second-order valence-electron chi connectivity index (χ2n) is 2.53. The van der Waals surface area contributed by atoms with Crippen molar-refractivity contribution < 1.29 is 4.21 Å². The largest absolute Gasteiger partial charge is 0.312 e. The molecule has 9 heavy (non-hydrogen) atoms. The van der Waals surface area contributed by atoms with E-state index in [2.05, 4.69) is 12.2 Å². The normalized spacial score (nSPS) is 44.9. The Labute approximate surface area is 58.5 Å². The van der Waals surface area contributed by atoms with E-state index in [0.717, 1.165) is 12.3 Å². The summed E-state index contributed by atoms with van der Waals surface area (Å²) in [5, 5.41) is 3.60. The van der Waals surface area contributed by atoms with Gasteiger partial charge in [0, 0.05) is 34.4 Å². The van der Waals surface area contributed by atoms with Gasteiger partial charge in [0.25, 0.3) is 0 Å². The molecule has 1 N–H and O–H groups in total. The van der Waals surface area contributed by atoms with E-state index in [1.807, 2.05) is 6.92 Å². The van der Waals surface area contributed by atoms with E-state index in [9.17, 15) is 4.21 Å². The van der Waals surface area contributed by atoms with E-state index < -0.39 is 10.8 Å². The third kappa shape index (κ3) is 1.52. The predicted octanol–water partition coefficient (Wildman–Crippen LogP) is 0.115. The molecule has 1 heterocycles. The lowest BCUT2D eigenvalue weighted by atomic mass is 10.2. The van der Waals surface area contributed by atoms with Crippen LogP contribution in [-0.2, 0) is 10.8 Å². The Bertz CT molecular complexity index is 126. The van der Waals surface area contributed by atoms with Crippen molar-refractivity contribution in [3.8, 4) is 0 Å². The fraction of sp³-hybridized carbons (Fsp3) is 1.00. The van der Waals surface area contributed by atoms with Gasteiger partial charge in [-0.15, -0.1) is 0 Å². The van der Waals surface area contributed by atoms with Crippen molar-refractivity contribution in [2.24, 2.45) is 0 Å². The topological polar surface area (TPSA) is 29.1 Å². The number of rotatable bonds is 0. The maximum Gasteiger partial charge on any atom is 0.0470 e. The molecular weight excluding hydrogens is 134 g/mol. The van der Waals surface area contributed by atoms with Crippen LogP contribution in [0.25, 0.3) is 0 Å². The van der Waals surface area contributed by atoms with Gasteiger partial charge in [-0.25, -0.2) is 0 Å². The minimum atomic E-state index is -0.578. The average Bonchev–Trinajstić information content (AvgIpc) is 1.83. The molecule has 54 valence electrons. The summed E-state index contributed by atoms with van der Waals surface area (Å²) in [5.41, 5.74) is 0. The highest BCUT2D eigenvalue weighted by Gasteiger charge is 2.22. The van der Waals surface area contributed by atoms with Gasteiger partial charge in [-0.2, -0.15) is 0 Å². The van der Waals surface area contributed by atoms with Gasteiger partial charge < -0.3 is 5.32 Å². The first kappa shape index (κ1) is 7.22. The highest BCUT2D eigenvalue weighted by Crippen LogP contribution is 2.05. The average molecular weight is 147 g/mol. The van der Waals surface area contributed by atoms with Crippen LogP contribution in [0.5, 0.6) is 0 Å². The van der Waals surface area contributed by atoms with Gasteiger partial charge >= 0.3 is 0 Å². The molecule has 0 aromatic heterocycles. The first-order valence-corrected chi connectivity index (χ1v) is 4.70. The standard InChI is InChI=1S/C6H13NOS/c1-5-6(2)9(8)4-3-7-5/h5-7H,3-4H2,1-2H3/t5-,6-,9-/m1/s1. The van der Waals surface area contributed by atoms with Crippen LogP contribution in [0.3, 0.4) is 0 Å². The minimum absolute atomic E-state index is 0.332. The van der Waals surface area contributed by atoms with E-state index in [1.165, 1.54) is 0 Å². The monoisotopic (exact) mass is 147 g/mol. The second kappa shape index (κ2) is 2.80. The third-order valence-electron chi connectivity index (χ3n) is 1.89. The Morgan fingerprint density at radius 1 is 1.56 bits per heavy atom. The van der Waals surface area contributed by atoms with Gasteiger partial charge in [-0.1, -0.05) is 0 Å². The number of nitrogens with one attached hydrogen (secondary N) is 1. The molecule has 3 heteroatoms. The van der Waals surface area contributed by atoms with Gasteiger partial charge in [0.2, 0.25) is 0 Å². The van der Waals surface area contributed by atoms with Crippen LogP contribution in [0.15, 0.2) is 0 Å².